The van der Waals surface area contributed by atoms with Crippen LogP contribution in [0.5, 0.6) is 0 Å². The van der Waals surface area contributed by atoms with Gasteiger partial charge in [-0.05, 0) is 49.9 Å². The number of aliphatic hydroxyl groups excluding tert-OH is 1. The van der Waals surface area contributed by atoms with Gasteiger partial charge < -0.3 is 15.3 Å². The van der Waals surface area contributed by atoms with Crippen molar-refractivity contribution in [1.29, 1.82) is 0 Å². The zero-order valence-electron chi connectivity index (χ0n) is 13.3. The van der Waals surface area contributed by atoms with Crippen LogP contribution < -0.4 is 10.2 Å². The van der Waals surface area contributed by atoms with Crippen molar-refractivity contribution in [3.8, 4) is 0 Å². The van der Waals surface area contributed by atoms with Gasteiger partial charge in [0.05, 0.1) is 6.10 Å². The summed E-state index contributed by atoms with van der Waals surface area (Å²) in [5.41, 5.74) is 2.31. The zero-order chi connectivity index (χ0) is 15.4. The zero-order valence-corrected chi connectivity index (χ0v) is 14.0. The van der Waals surface area contributed by atoms with Gasteiger partial charge in [-0.1, -0.05) is 31.5 Å². The van der Waals surface area contributed by atoms with E-state index in [1.807, 2.05) is 0 Å². The van der Waals surface area contributed by atoms with Gasteiger partial charge in [0.2, 0.25) is 0 Å². The highest BCUT2D eigenvalue weighted by atomic mass is 35.5. The number of benzene rings is 1. The molecule has 1 fully saturated rings. The molecule has 2 N–H and O–H groups in total. The number of hydrogen-bond acceptors (Lipinski definition) is 3. The topological polar surface area (TPSA) is 35.5 Å². The molecule has 3 atom stereocenters. The molecule has 1 aliphatic heterocycles. The van der Waals surface area contributed by atoms with Gasteiger partial charge in [0, 0.05) is 29.8 Å². The molecule has 1 heterocycles. The minimum Gasteiger partial charge on any atom is -0.393 e. The number of aliphatic hydroxyl groups is 1. The Kier molecular flexibility index (Phi) is 5.91. The van der Waals surface area contributed by atoms with Gasteiger partial charge in [0.25, 0.3) is 0 Å². The quantitative estimate of drug-likeness (QED) is 0.872. The number of halogens is 1. The summed E-state index contributed by atoms with van der Waals surface area (Å²) in [7, 11) is 0. The number of nitrogens with zero attached hydrogens (tertiary/aromatic N) is 1. The third kappa shape index (κ3) is 4.12. The molecule has 4 heteroatoms. The monoisotopic (exact) mass is 310 g/mol. The van der Waals surface area contributed by atoms with Gasteiger partial charge in [-0.25, -0.2) is 0 Å². The fourth-order valence-electron chi connectivity index (χ4n) is 2.90. The van der Waals surface area contributed by atoms with E-state index >= 15 is 0 Å². The summed E-state index contributed by atoms with van der Waals surface area (Å²) in [6.07, 6.45) is 1.78. The fraction of sp³-hybridized carbons (Fsp3) is 0.647. The van der Waals surface area contributed by atoms with Crippen molar-refractivity contribution in [3.63, 3.8) is 0 Å². The third-order valence-electron chi connectivity index (χ3n) is 4.38. The Hall–Kier alpha value is -0.770. The van der Waals surface area contributed by atoms with Crippen LogP contribution in [-0.2, 0) is 0 Å². The van der Waals surface area contributed by atoms with Crippen LogP contribution >= 0.6 is 11.6 Å². The predicted octanol–water partition coefficient (Wildman–Crippen LogP) is 3.61. The molecule has 0 radical (unpaired) electrons. The van der Waals surface area contributed by atoms with Crippen LogP contribution in [0, 0.1) is 5.92 Å². The van der Waals surface area contributed by atoms with E-state index in [2.05, 4.69) is 49.2 Å². The van der Waals surface area contributed by atoms with Crippen LogP contribution in [0.25, 0.3) is 0 Å². The van der Waals surface area contributed by atoms with Gasteiger partial charge in [-0.15, -0.1) is 0 Å². The molecular weight excluding hydrogens is 284 g/mol. The molecule has 3 nitrogen and oxygen atoms in total. The Morgan fingerprint density at radius 1 is 1.48 bits per heavy atom. The van der Waals surface area contributed by atoms with Gasteiger partial charge in [0.15, 0.2) is 0 Å². The Morgan fingerprint density at radius 3 is 2.86 bits per heavy atom. The smallest absolute Gasteiger partial charge is 0.0599 e. The lowest BCUT2D eigenvalue weighted by molar-refractivity contribution is 0.0971. The summed E-state index contributed by atoms with van der Waals surface area (Å²) in [6, 6.07) is 6.61. The number of nitrogens with one attached hydrogen (secondary N) is 1. The lowest BCUT2D eigenvalue weighted by Gasteiger charge is -2.36. The highest BCUT2D eigenvalue weighted by molar-refractivity contribution is 6.31. The third-order valence-corrected chi connectivity index (χ3v) is 4.70. The maximum Gasteiger partial charge on any atom is 0.0599 e. The predicted molar refractivity (Wildman–Crippen MR) is 90.2 cm³/mol. The molecule has 0 aliphatic carbocycles. The molecule has 118 valence electrons. The molecule has 1 saturated heterocycles. The van der Waals surface area contributed by atoms with Crippen LogP contribution in [0.2, 0.25) is 5.02 Å². The number of anilines is 1. The van der Waals surface area contributed by atoms with Crippen molar-refractivity contribution in [2.75, 3.05) is 24.5 Å². The summed E-state index contributed by atoms with van der Waals surface area (Å²) in [6.45, 7) is 9.20. The van der Waals surface area contributed by atoms with E-state index in [-0.39, 0.29) is 12.1 Å². The molecule has 1 aromatic rings. The van der Waals surface area contributed by atoms with Crippen LogP contribution in [0.1, 0.15) is 45.2 Å². The van der Waals surface area contributed by atoms with Crippen LogP contribution in [0.4, 0.5) is 5.69 Å². The molecule has 21 heavy (non-hydrogen) atoms. The second-order valence-electron chi connectivity index (χ2n) is 6.16. The largest absolute Gasteiger partial charge is 0.393 e. The van der Waals surface area contributed by atoms with Crippen molar-refractivity contribution in [3.05, 3.63) is 28.8 Å². The molecule has 0 aromatic heterocycles. The lowest BCUT2D eigenvalue weighted by Crippen LogP contribution is -2.41. The first-order chi connectivity index (χ1) is 10.0. The van der Waals surface area contributed by atoms with Crippen molar-refractivity contribution >= 4 is 17.3 Å². The second kappa shape index (κ2) is 7.48. The molecule has 0 spiro atoms. The number of rotatable bonds is 5. The molecule has 0 saturated carbocycles. The average molecular weight is 311 g/mol. The Balaban J connectivity index is 2.08. The van der Waals surface area contributed by atoms with Gasteiger partial charge in [0.1, 0.15) is 0 Å². The van der Waals surface area contributed by atoms with E-state index < -0.39 is 0 Å². The van der Waals surface area contributed by atoms with E-state index in [9.17, 15) is 5.11 Å². The summed E-state index contributed by atoms with van der Waals surface area (Å²) in [5.74, 6) is 0.308. The summed E-state index contributed by atoms with van der Waals surface area (Å²) in [5, 5.41) is 14.1. The highest BCUT2D eigenvalue weighted by Crippen LogP contribution is 2.30. The van der Waals surface area contributed by atoms with Crippen LogP contribution in [0.15, 0.2) is 18.2 Å². The second-order valence-corrected chi connectivity index (χ2v) is 6.57. The minimum absolute atomic E-state index is 0.172. The number of hydrogen-bond donors (Lipinski definition) is 2. The highest BCUT2D eigenvalue weighted by Gasteiger charge is 2.24. The first-order valence-corrected chi connectivity index (χ1v) is 8.36. The normalized spacial score (nSPS) is 24.1. The summed E-state index contributed by atoms with van der Waals surface area (Å²) in [4.78, 5) is 2.32. The van der Waals surface area contributed by atoms with Crippen molar-refractivity contribution < 1.29 is 5.11 Å². The van der Waals surface area contributed by atoms with Crippen molar-refractivity contribution in [1.82, 2.24) is 5.32 Å². The lowest BCUT2D eigenvalue weighted by atomic mass is 9.96. The summed E-state index contributed by atoms with van der Waals surface area (Å²) < 4.78 is 0. The van der Waals surface area contributed by atoms with Crippen LogP contribution in [0.3, 0.4) is 0 Å². The minimum atomic E-state index is -0.172. The average Bonchev–Trinajstić information content (AvgIpc) is 2.47. The van der Waals surface area contributed by atoms with E-state index in [0.29, 0.717) is 5.92 Å². The molecule has 2 rings (SSSR count). The summed E-state index contributed by atoms with van der Waals surface area (Å²) >= 11 is 6.47. The fourth-order valence-corrected chi connectivity index (χ4v) is 3.24. The Morgan fingerprint density at radius 2 is 2.24 bits per heavy atom. The Labute approximate surface area is 133 Å². The van der Waals surface area contributed by atoms with E-state index in [4.69, 9.17) is 11.6 Å². The van der Waals surface area contributed by atoms with Gasteiger partial charge >= 0.3 is 0 Å². The SMILES string of the molecule is CCCNC(C)c1ccc(N2CCC(O)C(C)C2)cc1Cl. The molecule has 3 unspecified atom stereocenters. The van der Waals surface area contributed by atoms with Gasteiger partial charge in [-0.3, -0.25) is 0 Å². The molecular formula is C17H27ClN2O. The molecule has 0 amide bonds. The Bertz CT molecular complexity index is 466. The van der Waals surface area contributed by atoms with Crippen LogP contribution in [-0.4, -0.2) is 30.8 Å². The van der Waals surface area contributed by atoms with Crippen molar-refractivity contribution in [2.45, 2.75) is 45.8 Å². The standard InChI is InChI=1S/C17H27ClN2O/c1-4-8-19-13(3)15-6-5-14(10-16(15)18)20-9-7-17(21)12(2)11-20/h5-6,10,12-13,17,19,21H,4,7-9,11H2,1-3H3. The van der Waals surface area contributed by atoms with Gasteiger partial charge in [-0.2, -0.15) is 0 Å². The number of piperidine rings is 1. The van der Waals surface area contributed by atoms with E-state index in [1.54, 1.807) is 0 Å². The maximum atomic E-state index is 9.84. The van der Waals surface area contributed by atoms with Crippen molar-refractivity contribution in [2.24, 2.45) is 5.92 Å². The molecule has 1 aromatic carbocycles. The molecule has 0 bridgehead atoms. The first-order valence-electron chi connectivity index (χ1n) is 7.98. The van der Waals surface area contributed by atoms with E-state index in [0.717, 1.165) is 48.7 Å². The maximum absolute atomic E-state index is 9.84. The molecule has 1 aliphatic rings. The van der Waals surface area contributed by atoms with E-state index in [1.165, 1.54) is 0 Å². The first kappa shape index (κ1) is 16.6.